The van der Waals surface area contributed by atoms with Gasteiger partial charge in [0, 0.05) is 33.4 Å². The largest absolute Gasteiger partial charge is 0.456 e. The van der Waals surface area contributed by atoms with Gasteiger partial charge in [-0.15, -0.1) is 0 Å². The number of aromatic nitrogens is 2. The van der Waals surface area contributed by atoms with Crippen LogP contribution < -0.4 is 10.8 Å². The Morgan fingerprint density at radius 2 is 1.63 bits per heavy atom. The van der Waals surface area contributed by atoms with Gasteiger partial charge in [-0.1, -0.05) is 23.7 Å². The van der Waals surface area contributed by atoms with Gasteiger partial charge < -0.3 is 4.42 Å². The maximum Gasteiger partial charge on any atom is 0.243 e. The molecule has 4 aromatic rings. The van der Waals surface area contributed by atoms with E-state index in [4.69, 9.17) is 16.0 Å². The molecule has 0 amide bonds. The number of fused-ring (bicyclic) bond motifs is 1. The van der Waals surface area contributed by atoms with Gasteiger partial charge in [0.05, 0.1) is 5.36 Å². The quantitative estimate of drug-likeness (QED) is 0.506. The second kappa shape index (κ2) is 7.21. The van der Waals surface area contributed by atoms with Crippen LogP contribution in [0.5, 0.6) is 0 Å². The summed E-state index contributed by atoms with van der Waals surface area (Å²) in [6.45, 7) is 3.85. The molecule has 0 saturated carbocycles. The summed E-state index contributed by atoms with van der Waals surface area (Å²) >= 11 is 6.00. The van der Waals surface area contributed by atoms with Crippen molar-refractivity contribution >= 4 is 28.5 Å². The molecule has 0 bridgehead atoms. The molecule has 0 aliphatic heterocycles. The van der Waals surface area contributed by atoms with Gasteiger partial charge in [0.1, 0.15) is 11.3 Å². The van der Waals surface area contributed by atoms with E-state index in [1.54, 1.807) is 0 Å². The van der Waals surface area contributed by atoms with Crippen LogP contribution in [0.15, 0.2) is 70.2 Å². The molecule has 0 unspecified atom stereocenters. The van der Waals surface area contributed by atoms with Crippen molar-refractivity contribution in [3.05, 3.63) is 82.4 Å². The molecule has 5 nitrogen and oxygen atoms in total. The number of hydrogen-bond donors (Lipinski definition) is 1. The molecule has 0 fully saturated rings. The Bertz CT molecular complexity index is 1160. The van der Waals surface area contributed by atoms with Crippen molar-refractivity contribution in [3.8, 4) is 11.3 Å². The maximum atomic E-state index is 6.06. The van der Waals surface area contributed by atoms with Crippen LogP contribution in [0, 0.1) is 13.8 Å². The van der Waals surface area contributed by atoms with Crippen molar-refractivity contribution in [1.29, 1.82) is 0 Å². The number of benzene rings is 2. The van der Waals surface area contributed by atoms with Crippen LogP contribution in [0.4, 0.5) is 5.95 Å². The fourth-order valence-electron chi connectivity index (χ4n) is 2.85. The molecule has 6 heteroatoms. The average molecular weight is 377 g/mol. The van der Waals surface area contributed by atoms with Crippen molar-refractivity contribution < 1.29 is 4.42 Å². The van der Waals surface area contributed by atoms with Crippen LogP contribution in [0.2, 0.25) is 5.02 Å². The molecule has 134 valence electrons. The number of para-hydroxylation sites is 1. The second-order valence-corrected chi connectivity index (χ2v) is 6.63. The number of hydrogen-bond acceptors (Lipinski definition) is 5. The fourth-order valence-corrected chi connectivity index (χ4v) is 2.98. The topological polar surface area (TPSA) is 63.3 Å². The zero-order valence-electron chi connectivity index (χ0n) is 14.9. The normalized spacial score (nSPS) is 11.7. The molecule has 0 spiro atoms. The van der Waals surface area contributed by atoms with Gasteiger partial charge in [-0.25, -0.2) is 15.4 Å². The standard InChI is InChI=1S/C21H17ClN4O/c1-13-11-14(2)24-21(23-13)26-25-18-12-20(15-7-9-16(22)10-8-15)27-19-6-4-3-5-17(18)19/h3-12H,1-2H3,(H,23,24,26)/b25-18+. The van der Waals surface area contributed by atoms with E-state index < -0.39 is 0 Å². The first-order valence-corrected chi connectivity index (χ1v) is 8.87. The minimum Gasteiger partial charge on any atom is -0.456 e. The minimum atomic E-state index is 0.463. The summed E-state index contributed by atoms with van der Waals surface area (Å²) in [5.41, 5.74) is 6.39. The molecule has 0 radical (unpaired) electrons. The van der Waals surface area contributed by atoms with E-state index in [0.29, 0.717) is 16.7 Å². The van der Waals surface area contributed by atoms with Crippen molar-refractivity contribution in [1.82, 2.24) is 9.97 Å². The Hall–Kier alpha value is -3.18. The van der Waals surface area contributed by atoms with Gasteiger partial charge in [-0.2, -0.15) is 5.10 Å². The van der Waals surface area contributed by atoms with Gasteiger partial charge in [0.2, 0.25) is 5.95 Å². The highest BCUT2D eigenvalue weighted by Gasteiger charge is 2.06. The highest BCUT2D eigenvalue weighted by molar-refractivity contribution is 6.30. The monoisotopic (exact) mass is 376 g/mol. The number of halogens is 1. The molecule has 2 aromatic heterocycles. The lowest BCUT2D eigenvalue weighted by atomic mass is 10.1. The van der Waals surface area contributed by atoms with Crippen LogP contribution in [0.3, 0.4) is 0 Å². The molecular formula is C21H17ClN4O. The molecule has 2 aromatic carbocycles. The zero-order valence-corrected chi connectivity index (χ0v) is 15.7. The fraction of sp³-hybridized carbons (Fsp3) is 0.0952. The van der Waals surface area contributed by atoms with E-state index in [0.717, 1.165) is 33.3 Å². The predicted octanol–water partition coefficient (Wildman–Crippen LogP) is 5.09. The Balaban J connectivity index is 1.84. The zero-order chi connectivity index (χ0) is 18.8. The van der Waals surface area contributed by atoms with Crippen molar-refractivity contribution in [2.75, 3.05) is 5.43 Å². The first kappa shape index (κ1) is 17.2. The van der Waals surface area contributed by atoms with E-state index >= 15 is 0 Å². The van der Waals surface area contributed by atoms with E-state index in [-0.39, 0.29) is 0 Å². The second-order valence-electron chi connectivity index (χ2n) is 6.20. The van der Waals surface area contributed by atoms with E-state index in [1.807, 2.05) is 74.5 Å². The molecule has 0 atom stereocenters. The first-order chi connectivity index (χ1) is 13.1. The summed E-state index contributed by atoms with van der Waals surface area (Å²) in [6, 6.07) is 19.1. The third-order valence-corrected chi connectivity index (χ3v) is 4.29. The number of nitrogens with one attached hydrogen (secondary N) is 1. The van der Waals surface area contributed by atoms with Gasteiger partial charge in [0.25, 0.3) is 0 Å². The lowest BCUT2D eigenvalue weighted by Gasteiger charge is -2.06. The molecule has 0 saturated heterocycles. The lowest BCUT2D eigenvalue weighted by Crippen LogP contribution is -2.09. The van der Waals surface area contributed by atoms with Crippen LogP contribution >= 0.6 is 11.6 Å². The molecule has 2 heterocycles. The number of nitrogens with zero attached hydrogens (tertiary/aromatic N) is 3. The van der Waals surface area contributed by atoms with E-state index in [1.165, 1.54) is 0 Å². The molecular weight excluding hydrogens is 360 g/mol. The number of anilines is 1. The summed E-state index contributed by atoms with van der Waals surface area (Å²) in [6.07, 6.45) is 0. The lowest BCUT2D eigenvalue weighted by molar-refractivity contribution is 0.618. The third kappa shape index (κ3) is 3.83. The number of aryl methyl sites for hydroxylation is 2. The van der Waals surface area contributed by atoms with Crippen LogP contribution in [0.25, 0.3) is 22.3 Å². The van der Waals surface area contributed by atoms with E-state index in [9.17, 15) is 0 Å². The summed E-state index contributed by atoms with van der Waals surface area (Å²) in [7, 11) is 0. The maximum absolute atomic E-state index is 6.06. The van der Waals surface area contributed by atoms with Crippen LogP contribution in [0.1, 0.15) is 11.4 Å². The van der Waals surface area contributed by atoms with Gasteiger partial charge >= 0.3 is 0 Å². The van der Waals surface area contributed by atoms with E-state index in [2.05, 4.69) is 20.5 Å². The highest BCUT2D eigenvalue weighted by atomic mass is 35.5. The summed E-state index contributed by atoms with van der Waals surface area (Å²) in [5, 5.41) is 6.84. The molecule has 0 aliphatic rings. The molecule has 27 heavy (non-hydrogen) atoms. The SMILES string of the molecule is Cc1cc(C)nc(N/N=c2\cc(-c3ccc(Cl)cc3)oc3ccccc23)n1. The highest BCUT2D eigenvalue weighted by Crippen LogP contribution is 2.23. The van der Waals surface area contributed by atoms with Gasteiger partial charge in [0.15, 0.2) is 0 Å². The predicted molar refractivity (Wildman–Crippen MR) is 107 cm³/mol. The Morgan fingerprint density at radius 1 is 0.926 bits per heavy atom. The first-order valence-electron chi connectivity index (χ1n) is 8.49. The summed E-state index contributed by atoms with van der Waals surface area (Å²) < 4.78 is 6.06. The van der Waals surface area contributed by atoms with Crippen molar-refractivity contribution in [2.45, 2.75) is 13.8 Å². The number of rotatable bonds is 3. The summed E-state index contributed by atoms with van der Waals surface area (Å²) in [4.78, 5) is 8.73. The van der Waals surface area contributed by atoms with Crippen LogP contribution in [-0.2, 0) is 0 Å². The van der Waals surface area contributed by atoms with Crippen LogP contribution in [-0.4, -0.2) is 9.97 Å². The molecule has 4 rings (SSSR count). The average Bonchev–Trinajstić information content (AvgIpc) is 2.66. The Labute approximate surface area is 161 Å². The third-order valence-electron chi connectivity index (χ3n) is 4.04. The smallest absolute Gasteiger partial charge is 0.243 e. The van der Waals surface area contributed by atoms with Gasteiger partial charge in [-0.05, 0) is 56.3 Å². The van der Waals surface area contributed by atoms with Crippen molar-refractivity contribution in [2.24, 2.45) is 5.10 Å². The summed E-state index contributed by atoms with van der Waals surface area (Å²) in [5.74, 6) is 1.16. The minimum absolute atomic E-state index is 0.463. The van der Waals surface area contributed by atoms with Gasteiger partial charge in [-0.3, -0.25) is 0 Å². The molecule has 0 aliphatic carbocycles. The Morgan fingerprint density at radius 3 is 2.37 bits per heavy atom. The Kier molecular flexibility index (Phi) is 4.60. The molecule has 1 N–H and O–H groups in total. The van der Waals surface area contributed by atoms with Crippen molar-refractivity contribution in [3.63, 3.8) is 0 Å².